The van der Waals surface area contributed by atoms with Crippen molar-refractivity contribution in [3.05, 3.63) is 70.1 Å². The fourth-order valence-corrected chi connectivity index (χ4v) is 2.60. The number of para-hydroxylation sites is 1. The van der Waals surface area contributed by atoms with E-state index in [1.54, 1.807) is 31.3 Å². The van der Waals surface area contributed by atoms with Gasteiger partial charge in [-0.25, -0.2) is 4.68 Å². The zero-order chi connectivity index (χ0) is 16.4. The highest BCUT2D eigenvalue weighted by Crippen LogP contribution is 2.18. The summed E-state index contributed by atoms with van der Waals surface area (Å²) in [6.45, 7) is 2.03. The van der Waals surface area contributed by atoms with Crippen LogP contribution in [0.15, 0.2) is 53.3 Å². The van der Waals surface area contributed by atoms with Crippen molar-refractivity contribution in [1.29, 1.82) is 0 Å². The maximum Gasteiger partial charge on any atom is 0.276 e. The molecule has 1 heterocycles. The second-order valence-corrected chi connectivity index (χ2v) is 5.29. The molecule has 0 aliphatic heterocycles. The molecule has 0 aliphatic carbocycles. The number of hydrogen-bond acceptors (Lipinski definition) is 3. The maximum atomic E-state index is 12.7. The average molecular weight is 307 g/mol. The highest BCUT2D eigenvalue weighted by molar-refractivity contribution is 6.11. The number of anilines is 1. The molecule has 0 radical (unpaired) electrons. The molecule has 3 rings (SSSR count). The van der Waals surface area contributed by atoms with Gasteiger partial charge in [-0.1, -0.05) is 43.3 Å². The number of carbonyl (C=O) groups excluding carboxylic acids is 1. The first kappa shape index (κ1) is 15.0. The third-order valence-corrected chi connectivity index (χ3v) is 3.82. The van der Waals surface area contributed by atoms with Crippen LogP contribution in [0.4, 0.5) is 5.69 Å². The van der Waals surface area contributed by atoms with E-state index >= 15 is 0 Å². The Bertz CT molecular complexity index is 944. The first-order valence-corrected chi connectivity index (χ1v) is 7.47. The van der Waals surface area contributed by atoms with Crippen molar-refractivity contribution in [2.45, 2.75) is 13.3 Å². The molecular weight excluding hydrogens is 290 g/mol. The normalized spacial score (nSPS) is 10.7. The quantitative estimate of drug-likeness (QED) is 0.809. The molecule has 0 unspecified atom stereocenters. The van der Waals surface area contributed by atoms with Crippen molar-refractivity contribution >= 4 is 22.4 Å². The molecule has 116 valence electrons. The molecule has 5 heteroatoms. The van der Waals surface area contributed by atoms with Gasteiger partial charge >= 0.3 is 0 Å². The van der Waals surface area contributed by atoms with Crippen LogP contribution in [0.25, 0.3) is 10.8 Å². The van der Waals surface area contributed by atoms with Crippen molar-refractivity contribution in [2.24, 2.45) is 7.05 Å². The number of benzene rings is 2. The number of amides is 1. The number of aryl methyl sites for hydroxylation is 2. The number of fused-ring (bicyclic) bond motifs is 1. The Labute approximate surface area is 133 Å². The van der Waals surface area contributed by atoms with Crippen LogP contribution in [0.2, 0.25) is 0 Å². The predicted octanol–water partition coefficient (Wildman–Crippen LogP) is 2.75. The fourth-order valence-electron chi connectivity index (χ4n) is 2.60. The van der Waals surface area contributed by atoms with Gasteiger partial charge in [0.2, 0.25) is 0 Å². The smallest absolute Gasteiger partial charge is 0.276 e. The fraction of sp³-hybridized carbons (Fsp3) is 0.167. The summed E-state index contributed by atoms with van der Waals surface area (Å²) < 4.78 is 1.20. The van der Waals surface area contributed by atoms with E-state index in [1.165, 1.54) is 4.68 Å². The summed E-state index contributed by atoms with van der Waals surface area (Å²) in [6.07, 6.45) is 0.817. The lowest BCUT2D eigenvalue weighted by atomic mass is 10.1. The van der Waals surface area contributed by atoms with Crippen LogP contribution in [-0.4, -0.2) is 15.7 Å². The van der Waals surface area contributed by atoms with Gasteiger partial charge < -0.3 is 5.32 Å². The molecule has 1 aromatic heterocycles. The van der Waals surface area contributed by atoms with Gasteiger partial charge in [-0.2, -0.15) is 5.10 Å². The van der Waals surface area contributed by atoms with Crippen LogP contribution < -0.4 is 10.9 Å². The summed E-state index contributed by atoms with van der Waals surface area (Å²) in [5.41, 5.74) is 1.84. The van der Waals surface area contributed by atoms with Crippen LogP contribution in [0.5, 0.6) is 0 Å². The standard InChI is InChI=1S/C18H17N3O2/c1-3-12-8-4-7-11-15(12)19-17(22)16-13-9-5-6-10-14(13)18(23)21(2)20-16/h4-11H,3H2,1-2H3,(H,19,22). The molecule has 0 aliphatic rings. The zero-order valence-corrected chi connectivity index (χ0v) is 13.0. The van der Waals surface area contributed by atoms with Gasteiger partial charge in [0, 0.05) is 18.1 Å². The molecule has 1 amide bonds. The maximum absolute atomic E-state index is 12.7. The Morgan fingerprint density at radius 2 is 1.74 bits per heavy atom. The number of aromatic nitrogens is 2. The Hall–Kier alpha value is -2.95. The molecule has 0 saturated carbocycles. The Balaban J connectivity index is 2.08. The molecule has 0 fully saturated rings. The van der Waals surface area contributed by atoms with Crippen LogP contribution in [0, 0.1) is 0 Å². The van der Waals surface area contributed by atoms with Crippen molar-refractivity contribution in [3.8, 4) is 0 Å². The molecule has 0 atom stereocenters. The average Bonchev–Trinajstić information content (AvgIpc) is 2.58. The minimum atomic E-state index is -0.322. The summed E-state index contributed by atoms with van der Waals surface area (Å²) in [4.78, 5) is 24.8. The first-order chi connectivity index (χ1) is 11.1. The monoisotopic (exact) mass is 307 g/mol. The van der Waals surface area contributed by atoms with Gasteiger partial charge in [0.1, 0.15) is 0 Å². The minimum Gasteiger partial charge on any atom is -0.320 e. The highest BCUT2D eigenvalue weighted by Gasteiger charge is 2.16. The van der Waals surface area contributed by atoms with Crippen molar-refractivity contribution in [1.82, 2.24) is 9.78 Å². The Kier molecular flexibility index (Phi) is 3.93. The van der Waals surface area contributed by atoms with E-state index in [4.69, 9.17) is 0 Å². The molecule has 0 bridgehead atoms. The number of carbonyl (C=O) groups is 1. The van der Waals surface area contributed by atoms with Gasteiger partial charge in [-0.3, -0.25) is 9.59 Å². The van der Waals surface area contributed by atoms with E-state index in [1.807, 2.05) is 31.2 Å². The molecule has 0 spiro atoms. The summed E-state index contributed by atoms with van der Waals surface area (Å²) >= 11 is 0. The van der Waals surface area contributed by atoms with Gasteiger partial charge in [-0.05, 0) is 24.1 Å². The Morgan fingerprint density at radius 3 is 2.48 bits per heavy atom. The topological polar surface area (TPSA) is 64.0 Å². The third-order valence-electron chi connectivity index (χ3n) is 3.82. The van der Waals surface area contributed by atoms with Crippen molar-refractivity contribution < 1.29 is 4.79 Å². The van der Waals surface area contributed by atoms with Crippen LogP contribution in [0.3, 0.4) is 0 Å². The molecule has 0 saturated heterocycles. The van der Waals surface area contributed by atoms with Gasteiger partial charge in [0.25, 0.3) is 11.5 Å². The second-order valence-electron chi connectivity index (χ2n) is 5.29. The number of hydrogen-bond donors (Lipinski definition) is 1. The highest BCUT2D eigenvalue weighted by atomic mass is 16.2. The van der Waals surface area contributed by atoms with Crippen LogP contribution >= 0.6 is 0 Å². The molecule has 23 heavy (non-hydrogen) atoms. The molecule has 5 nitrogen and oxygen atoms in total. The molecule has 1 N–H and O–H groups in total. The predicted molar refractivity (Wildman–Crippen MR) is 90.8 cm³/mol. The van der Waals surface area contributed by atoms with Crippen molar-refractivity contribution in [3.63, 3.8) is 0 Å². The minimum absolute atomic E-state index is 0.217. The van der Waals surface area contributed by atoms with E-state index in [2.05, 4.69) is 10.4 Å². The lowest BCUT2D eigenvalue weighted by molar-refractivity contribution is 0.102. The molecular formula is C18H17N3O2. The lowest BCUT2D eigenvalue weighted by Crippen LogP contribution is -2.25. The van der Waals surface area contributed by atoms with E-state index in [-0.39, 0.29) is 17.2 Å². The van der Waals surface area contributed by atoms with E-state index in [0.29, 0.717) is 10.8 Å². The summed E-state index contributed by atoms with van der Waals surface area (Å²) in [5.74, 6) is -0.322. The number of rotatable bonds is 3. The molecule has 3 aromatic rings. The van der Waals surface area contributed by atoms with E-state index in [0.717, 1.165) is 17.7 Å². The molecule has 2 aromatic carbocycles. The van der Waals surface area contributed by atoms with Gasteiger partial charge in [-0.15, -0.1) is 0 Å². The second kappa shape index (κ2) is 6.04. The summed E-state index contributed by atoms with van der Waals surface area (Å²) in [6, 6.07) is 14.7. The van der Waals surface area contributed by atoms with Crippen molar-refractivity contribution in [2.75, 3.05) is 5.32 Å². The van der Waals surface area contributed by atoms with Gasteiger partial charge in [0.05, 0.1) is 5.39 Å². The summed E-state index contributed by atoms with van der Waals surface area (Å²) in [5, 5.41) is 8.09. The largest absolute Gasteiger partial charge is 0.320 e. The number of nitrogens with zero attached hydrogens (tertiary/aromatic N) is 2. The zero-order valence-electron chi connectivity index (χ0n) is 13.0. The van der Waals surface area contributed by atoms with Crippen LogP contribution in [-0.2, 0) is 13.5 Å². The lowest BCUT2D eigenvalue weighted by Gasteiger charge is -2.11. The van der Waals surface area contributed by atoms with Crippen LogP contribution in [0.1, 0.15) is 23.0 Å². The first-order valence-electron chi connectivity index (χ1n) is 7.47. The third kappa shape index (κ3) is 2.73. The number of nitrogens with one attached hydrogen (secondary N) is 1. The summed E-state index contributed by atoms with van der Waals surface area (Å²) in [7, 11) is 1.55. The Morgan fingerprint density at radius 1 is 1.09 bits per heavy atom. The van der Waals surface area contributed by atoms with E-state index in [9.17, 15) is 9.59 Å². The van der Waals surface area contributed by atoms with E-state index < -0.39 is 0 Å². The van der Waals surface area contributed by atoms with Gasteiger partial charge in [0.15, 0.2) is 5.69 Å². The SMILES string of the molecule is CCc1ccccc1NC(=O)c1nn(C)c(=O)c2ccccc12.